The van der Waals surface area contributed by atoms with Crippen molar-refractivity contribution in [2.45, 2.75) is 45.4 Å². The third-order valence-corrected chi connectivity index (χ3v) is 4.71. The zero-order chi connectivity index (χ0) is 16.7. The third-order valence-electron chi connectivity index (χ3n) is 4.71. The number of ketones is 1. The number of rotatable bonds is 7. The molecule has 24 heavy (non-hydrogen) atoms. The number of aryl methyl sites for hydroxylation is 1. The molecule has 0 aliphatic heterocycles. The van der Waals surface area contributed by atoms with E-state index in [1.807, 2.05) is 24.3 Å². The van der Waals surface area contributed by atoms with Crippen molar-refractivity contribution in [3.8, 4) is 0 Å². The van der Waals surface area contributed by atoms with Crippen LogP contribution >= 0.6 is 12.4 Å². The largest absolute Gasteiger partial charge is 0.466 e. The van der Waals surface area contributed by atoms with Crippen molar-refractivity contribution in [3.63, 3.8) is 0 Å². The van der Waals surface area contributed by atoms with Gasteiger partial charge in [0.05, 0.1) is 6.61 Å². The molecule has 0 spiro atoms. The first-order valence-electron chi connectivity index (χ1n) is 8.62. The van der Waals surface area contributed by atoms with Gasteiger partial charge in [-0.3, -0.25) is 9.59 Å². The van der Waals surface area contributed by atoms with E-state index in [-0.39, 0.29) is 30.1 Å². The minimum atomic E-state index is -0.177. The molecule has 0 radical (unpaired) electrons. The Labute approximate surface area is 150 Å². The fraction of sp³-hybridized carbons (Fsp3) is 0.579. The van der Waals surface area contributed by atoms with Gasteiger partial charge in [0.2, 0.25) is 0 Å². The van der Waals surface area contributed by atoms with E-state index >= 15 is 0 Å². The highest BCUT2D eigenvalue weighted by molar-refractivity contribution is 5.97. The lowest BCUT2D eigenvalue weighted by Crippen LogP contribution is -2.25. The maximum atomic E-state index is 12.6. The fourth-order valence-electron chi connectivity index (χ4n) is 3.21. The van der Waals surface area contributed by atoms with E-state index in [0.717, 1.165) is 43.4 Å². The van der Waals surface area contributed by atoms with Gasteiger partial charge in [-0.15, -0.1) is 12.4 Å². The van der Waals surface area contributed by atoms with Gasteiger partial charge in [-0.05, 0) is 57.1 Å². The van der Waals surface area contributed by atoms with Crippen LogP contribution in [0.3, 0.4) is 0 Å². The predicted octanol–water partition coefficient (Wildman–Crippen LogP) is 3.55. The second kappa shape index (κ2) is 10.5. The van der Waals surface area contributed by atoms with Crippen LogP contribution in [0.25, 0.3) is 0 Å². The number of halogens is 1. The van der Waals surface area contributed by atoms with Gasteiger partial charge in [0, 0.05) is 17.9 Å². The number of ether oxygens (including phenoxy) is 1. The Bertz CT molecular complexity index is 522. The first kappa shape index (κ1) is 20.7. The summed E-state index contributed by atoms with van der Waals surface area (Å²) < 4.78 is 4.92. The summed E-state index contributed by atoms with van der Waals surface area (Å²) in [7, 11) is 0. The first-order valence-corrected chi connectivity index (χ1v) is 8.62. The number of esters is 1. The molecule has 1 aromatic rings. The number of hydrogen-bond acceptors (Lipinski definition) is 4. The van der Waals surface area contributed by atoms with E-state index < -0.39 is 0 Å². The average molecular weight is 354 g/mol. The molecule has 2 rings (SSSR count). The number of nitrogens with two attached hydrogens (primary N) is 1. The Morgan fingerprint density at radius 3 is 2.29 bits per heavy atom. The SMILES string of the molecule is CCOC(=O)CCc1ccc(C(=O)[C@H]2CC[C@H](CN)CC2)cc1.Cl. The van der Waals surface area contributed by atoms with Crippen molar-refractivity contribution >= 4 is 24.2 Å². The summed E-state index contributed by atoms with van der Waals surface area (Å²) in [5.41, 5.74) is 7.54. The molecule has 0 unspecified atom stereocenters. The van der Waals surface area contributed by atoms with Crippen LogP contribution in [0.4, 0.5) is 0 Å². The predicted molar refractivity (Wildman–Crippen MR) is 97.5 cm³/mol. The Hall–Kier alpha value is -1.39. The Kier molecular flexibility index (Phi) is 9.01. The van der Waals surface area contributed by atoms with Gasteiger partial charge in [-0.25, -0.2) is 0 Å². The molecule has 4 nitrogen and oxygen atoms in total. The Morgan fingerprint density at radius 1 is 1.12 bits per heavy atom. The maximum absolute atomic E-state index is 12.6. The van der Waals surface area contributed by atoms with Crippen LogP contribution in [0, 0.1) is 11.8 Å². The second-order valence-electron chi connectivity index (χ2n) is 6.32. The molecule has 0 bridgehead atoms. The Morgan fingerprint density at radius 2 is 1.75 bits per heavy atom. The number of carbonyl (C=O) groups excluding carboxylic acids is 2. The van der Waals surface area contributed by atoms with Crippen molar-refractivity contribution in [3.05, 3.63) is 35.4 Å². The van der Waals surface area contributed by atoms with E-state index in [0.29, 0.717) is 25.4 Å². The Balaban J connectivity index is 0.00000288. The van der Waals surface area contributed by atoms with Gasteiger partial charge < -0.3 is 10.5 Å². The molecule has 0 atom stereocenters. The topological polar surface area (TPSA) is 69.4 Å². The van der Waals surface area contributed by atoms with Crippen LogP contribution in [0.15, 0.2) is 24.3 Å². The lowest BCUT2D eigenvalue weighted by atomic mass is 9.78. The standard InChI is InChI=1S/C19H27NO3.ClH/c1-2-23-18(21)12-7-14-3-8-16(9-4-14)19(22)17-10-5-15(13-20)6-11-17;/h3-4,8-9,15,17H,2,5-7,10-13,20H2,1H3;1H/t15-,17-;. The van der Waals surface area contributed by atoms with Crippen LogP contribution in [0.1, 0.15) is 54.9 Å². The van der Waals surface area contributed by atoms with Gasteiger partial charge >= 0.3 is 5.97 Å². The summed E-state index contributed by atoms with van der Waals surface area (Å²) in [6.07, 6.45) is 5.05. The zero-order valence-electron chi connectivity index (χ0n) is 14.3. The highest BCUT2D eigenvalue weighted by atomic mass is 35.5. The number of hydrogen-bond donors (Lipinski definition) is 1. The van der Waals surface area contributed by atoms with Crippen LogP contribution in [0.5, 0.6) is 0 Å². The molecule has 1 fully saturated rings. The molecule has 0 heterocycles. The van der Waals surface area contributed by atoms with Gasteiger partial charge in [-0.2, -0.15) is 0 Å². The average Bonchev–Trinajstić information content (AvgIpc) is 2.60. The van der Waals surface area contributed by atoms with Gasteiger partial charge in [0.1, 0.15) is 0 Å². The minimum absolute atomic E-state index is 0. The van der Waals surface area contributed by atoms with Crippen molar-refractivity contribution in [2.75, 3.05) is 13.2 Å². The van der Waals surface area contributed by atoms with Crippen LogP contribution in [-0.2, 0) is 16.0 Å². The maximum Gasteiger partial charge on any atom is 0.306 e. The molecular weight excluding hydrogens is 326 g/mol. The smallest absolute Gasteiger partial charge is 0.306 e. The van der Waals surface area contributed by atoms with E-state index in [4.69, 9.17) is 10.5 Å². The summed E-state index contributed by atoms with van der Waals surface area (Å²) >= 11 is 0. The molecule has 2 N–H and O–H groups in total. The van der Waals surface area contributed by atoms with E-state index in [1.54, 1.807) is 6.92 Å². The van der Waals surface area contributed by atoms with E-state index in [2.05, 4.69) is 0 Å². The van der Waals surface area contributed by atoms with Crippen LogP contribution in [-0.4, -0.2) is 24.9 Å². The van der Waals surface area contributed by atoms with E-state index in [9.17, 15) is 9.59 Å². The van der Waals surface area contributed by atoms with Crippen molar-refractivity contribution in [2.24, 2.45) is 17.6 Å². The highest BCUT2D eigenvalue weighted by Crippen LogP contribution is 2.30. The summed E-state index contributed by atoms with van der Waals surface area (Å²) in [6.45, 7) is 2.95. The highest BCUT2D eigenvalue weighted by Gasteiger charge is 2.26. The van der Waals surface area contributed by atoms with Crippen molar-refractivity contribution in [1.82, 2.24) is 0 Å². The first-order chi connectivity index (χ1) is 11.1. The molecule has 0 saturated heterocycles. The lowest BCUT2D eigenvalue weighted by Gasteiger charge is -2.26. The monoisotopic (exact) mass is 353 g/mol. The number of carbonyl (C=O) groups is 2. The van der Waals surface area contributed by atoms with Gasteiger partial charge in [0.15, 0.2) is 5.78 Å². The van der Waals surface area contributed by atoms with Gasteiger partial charge in [-0.1, -0.05) is 24.3 Å². The fourth-order valence-corrected chi connectivity index (χ4v) is 3.21. The normalized spacial score (nSPS) is 20.1. The molecule has 0 aromatic heterocycles. The quantitative estimate of drug-likeness (QED) is 0.601. The molecular formula is C19H28ClNO3. The summed E-state index contributed by atoms with van der Waals surface area (Å²) in [4.78, 5) is 23.9. The molecule has 0 amide bonds. The second-order valence-corrected chi connectivity index (χ2v) is 6.32. The lowest BCUT2D eigenvalue weighted by molar-refractivity contribution is -0.143. The van der Waals surface area contributed by atoms with Crippen LogP contribution < -0.4 is 5.73 Å². The summed E-state index contributed by atoms with van der Waals surface area (Å²) in [6, 6.07) is 7.66. The zero-order valence-corrected chi connectivity index (χ0v) is 15.1. The summed E-state index contributed by atoms with van der Waals surface area (Å²) in [5.74, 6) is 0.800. The molecule has 1 aliphatic carbocycles. The molecule has 1 aliphatic rings. The summed E-state index contributed by atoms with van der Waals surface area (Å²) in [5, 5.41) is 0. The van der Waals surface area contributed by atoms with E-state index in [1.165, 1.54) is 0 Å². The van der Waals surface area contributed by atoms with Crippen molar-refractivity contribution < 1.29 is 14.3 Å². The molecule has 1 saturated carbocycles. The van der Waals surface area contributed by atoms with Gasteiger partial charge in [0.25, 0.3) is 0 Å². The van der Waals surface area contributed by atoms with Crippen LogP contribution in [0.2, 0.25) is 0 Å². The third kappa shape index (κ3) is 5.91. The molecule has 1 aromatic carbocycles. The molecule has 134 valence electrons. The number of benzene rings is 1. The number of Topliss-reactive ketones (excluding diaryl/α,β-unsaturated/α-hetero) is 1. The minimum Gasteiger partial charge on any atom is -0.466 e. The molecule has 5 heteroatoms. The van der Waals surface area contributed by atoms with Crippen molar-refractivity contribution in [1.29, 1.82) is 0 Å².